The molecule has 1 amide bonds. The molecule has 0 saturated carbocycles. The van der Waals surface area contributed by atoms with Gasteiger partial charge in [0.1, 0.15) is 23.1 Å². The Labute approximate surface area is 139 Å². The molecular weight excluding hydrogens is 325 g/mol. The molecule has 126 valence electrons. The maximum atomic E-state index is 14.0. The summed E-state index contributed by atoms with van der Waals surface area (Å²) in [6.07, 6.45) is 0.864. The van der Waals surface area contributed by atoms with Crippen LogP contribution in [0.15, 0.2) is 12.1 Å². The summed E-state index contributed by atoms with van der Waals surface area (Å²) in [6, 6.07) is 2.37. The molecule has 1 heterocycles. The van der Waals surface area contributed by atoms with E-state index in [0.29, 0.717) is 13.0 Å². The van der Waals surface area contributed by atoms with E-state index in [2.05, 4.69) is 5.32 Å². The van der Waals surface area contributed by atoms with Crippen LogP contribution in [0.3, 0.4) is 0 Å². The first-order valence-electron chi connectivity index (χ1n) is 7.33. The van der Waals surface area contributed by atoms with Gasteiger partial charge in [0.25, 0.3) is 5.91 Å². The van der Waals surface area contributed by atoms with Crippen LogP contribution >= 0.6 is 11.6 Å². The average molecular weight is 344 g/mol. The van der Waals surface area contributed by atoms with E-state index in [9.17, 15) is 14.0 Å². The van der Waals surface area contributed by atoms with Gasteiger partial charge in [-0.05, 0) is 45.7 Å². The summed E-state index contributed by atoms with van der Waals surface area (Å²) in [5.74, 6) is -2.06. The van der Waals surface area contributed by atoms with Crippen LogP contribution in [0.4, 0.5) is 10.1 Å². The Kier molecular flexibility index (Phi) is 5.26. The van der Waals surface area contributed by atoms with Crippen molar-refractivity contribution in [3.8, 4) is 0 Å². The van der Waals surface area contributed by atoms with Crippen molar-refractivity contribution in [3.05, 3.63) is 28.5 Å². The molecule has 1 fully saturated rings. The van der Waals surface area contributed by atoms with Gasteiger partial charge >= 0.3 is 5.97 Å². The third-order valence-electron chi connectivity index (χ3n) is 3.17. The molecule has 7 heteroatoms. The number of amides is 1. The average Bonchev–Trinajstić information content (AvgIpc) is 2.94. The monoisotopic (exact) mass is 343 g/mol. The van der Waals surface area contributed by atoms with Crippen LogP contribution in [0.5, 0.6) is 0 Å². The predicted octanol–water partition coefficient (Wildman–Crippen LogP) is 3.55. The first kappa shape index (κ1) is 17.7. The Morgan fingerprint density at radius 1 is 1.39 bits per heavy atom. The fourth-order valence-electron chi connectivity index (χ4n) is 2.16. The Hall–Kier alpha value is -1.66. The van der Waals surface area contributed by atoms with Crippen molar-refractivity contribution in [1.29, 1.82) is 0 Å². The van der Waals surface area contributed by atoms with Crippen LogP contribution in [-0.4, -0.2) is 30.2 Å². The summed E-state index contributed by atoms with van der Waals surface area (Å²) in [5.41, 5.74) is -1.04. The predicted molar refractivity (Wildman–Crippen MR) is 84.2 cm³/mol. The van der Waals surface area contributed by atoms with Crippen LogP contribution in [0.25, 0.3) is 0 Å². The summed E-state index contributed by atoms with van der Waals surface area (Å²) in [6.45, 7) is 5.53. The van der Waals surface area contributed by atoms with Crippen molar-refractivity contribution in [1.82, 2.24) is 0 Å². The van der Waals surface area contributed by atoms with Crippen molar-refractivity contribution in [2.45, 2.75) is 45.3 Å². The lowest BCUT2D eigenvalue weighted by atomic mass is 10.1. The second kappa shape index (κ2) is 6.84. The summed E-state index contributed by atoms with van der Waals surface area (Å²) in [7, 11) is 0. The molecule has 1 saturated heterocycles. The molecule has 1 aromatic rings. The Bertz CT molecular complexity index is 621. The molecule has 0 unspecified atom stereocenters. The second-order valence-corrected chi connectivity index (χ2v) is 6.65. The molecule has 23 heavy (non-hydrogen) atoms. The van der Waals surface area contributed by atoms with Crippen LogP contribution in [0, 0.1) is 5.82 Å². The number of benzene rings is 1. The fourth-order valence-corrected chi connectivity index (χ4v) is 2.44. The van der Waals surface area contributed by atoms with E-state index in [1.54, 1.807) is 20.8 Å². The number of carbonyl (C=O) groups is 2. The van der Waals surface area contributed by atoms with Crippen LogP contribution in [0.2, 0.25) is 5.02 Å². The summed E-state index contributed by atoms with van der Waals surface area (Å²) < 4.78 is 24.4. The smallest absolute Gasteiger partial charge is 0.343 e. The highest BCUT2D eigenvalue weighted by Crippen LogP contribution is 2.30. The Morgan fingerprint density at radius 3 is 2.65 bits per heavy atom. The molecule has 0 spiro atoms. The second-order valence-electron chi connectivity index (χ2n) is 6.28. The highest BCUT2D eigenvalue weighted by molar-refractivity contribution is 6.36. The number of rotatable bonds is 3. The molecule has 2 rings (SSSR count). The van der Waals surface area contributed by atoms with Gasteiger partial charge < -0.3 is 14.8 Å². The zero-order valence-corrected chi connectivity index (χ0v) is 14.0. The van der Waals surface area contributed by atoms with E-state index >= 15 is 0 Å². The van der Waals surface area contributed by atoms with Crippen LogP contribution in [-0.2, 0) is 14.3 Å². The van der Waals surface area contributed by atoms with Gasteiger partial charge in [-0.25, -0.2) is 9.18 Å². The number of carbonyl (C=O) groups excluding carboxylic acids is 2. The van der Waals surface area contributed by atoms with Crippen molar-refractivity contribution < 1.29 is 23.5 Å². The minimum absolute atomic E-state index is 0.148. The molecule has 5 nitrogen and oxygen atoms in total. The molecule has 0 radical (unpaired) electrons. The summed E-state index contributed by atoms with van der Waals surface area (Å²) >= 11 is 6.09. The first-order valence-corrected chi connectivity index (χ1v) is 7.70. The minimum Gasteiger partial charge on any atom is -0.456 e. The van der Waals surface area contributed by atoms with E-state index in [0.717, 1.165) is 12.5 Å². The van der Waals surface area contributed by atoms with Crippen molar-refractivity contribution in [2.75, 3.05) is 11.9 Å². The molecule has 1 atom stereocenters. The van der Waals surface area contributed by atoms with Gasteiger partial charge in [0.05, 0.1) is 10.7 Å². The number of anilines is 1. The zero-order valence-electron chi connectivity index (χ0n) is 13.2. The van der Waals surface area contributed by atoms with Gasteiger partial charge in [-0.3, -0.25) is 4.79 Å². The summed E-state index contributed by atoms with van der Waals surface area (Å²) in [5, 5.41) is 2.38. The molecule has 1 aliphatic rings. The lowest BCUT2D eigenvalue weighted by Gasteiger charge is -2.20. The number of ether oxygens (including phenoxy) is 2. The van der Waals surface area contributed by atoms with Gasteiger partial charge in [-0.15, -0.1) is 0 Å². The Morgan fingerprint density at radius 2 is 2.09 bits per heavy atom. The van der Waals surface area contributed by atoms with Crippen molar-refractivity contribution in [2.24, 2.45) is 0 Å². The number of esters is 1. The third kappa shape index (κ3) is 4.42. The van der Waals surface area contributed by atoms with Crippen molar-refractivity contribution in [3.63, 3.8) is 0 Å². The van der Waals surface area contributed by atoms with Gasteiger partial charge in [-0.2, -0.15) is 0 Å². The highest BCUT2D eigenvalue weighted by Gasteiger charge is 2.28. The normalized spacial score (nSPS) is 17.9. The van der Waals surface area contributed by atoms with Gasteiger partial charge in [0.15, 0.2) is 0 Å². The maximum Gasteiger partial charge on any atom is 0.343 e. The minimum atomic E-state index is -0.881. The lowest BCUT2D eigenvalue weighted by Crippen LogP contribution is -2.28. The molecule has 0 aliphatic carbocycles. The van der Waals surface area contributed by atoms with Gasteiger partial charge in [0.2, 0.25) is 0 Å². The SMILES string of the molecule is CC(C)(C)OC(=O)c1c(F)ccc(NC(=O)[C@H]2CCCO2)c1Cl. The maximum absolute atomic E-state index is 14.0. The number of nitrogens with one attached hydrogen (secondary N) is 1. The topological polar surface area (TPSA) is 64.6 Å². The first-order chi connectivity index (χ1) is 10.7. The fraction of sp³-hybridized carbons (Fsp3) is 0.500. The molecule has 0 bridgehead atoms. The third-order valence-corrected chi connectivity index (χ3v) is 3.57. The summed E-state index contributed by atoms with van der Waals surface area (Å²) in [4.78, 5) is 24.2. The quantitative estimate of drug-likeness (QED) is 0.852. The van der Waals surface area contributed by atoms with Crippen LogP contribution in [0.1, 0.15) is 44.0 Å². The number of hydrogen-bond acceptors (Lipinski definition) is 4. The standard InChI is InChI=1S/C16H19ClFNO4/c1-16(2,3)23-15(21)12-9(18)6-7-10(13(12)17)19-14(20)11-5-4-8-22-11/h6-7,11H,4-5,8H2,1-3H3,(H,19,20)/t11-/m1/s1. The molecule has 1 aromatic carbocycles. The van der Waals surface area contributed by atoms with Gasteiger partial charge in [0, 0.05) is 6.61 Å². The number of hydrogen-bond donors (Lipinski definition) is 1. The Balaban J connectivity index is 2.24. The molecule has 1 N–H and O–H groups in total. The van der Waals surface area contributed by atoms with E-state index in [1.807, 2.05) is 0 Å². The van der Waals surface area contributed by atoms with Crippen molar-refractivity contribution >= 4 is 29.2 Å². The van der Waals surface area contributed by atoms with Crippen LogP contribution < -0.4 is 5.32 Å². The van der Waals surface area contributed by atoms with E-state index in [1.165, 1.54) is 6.07 Å². The van der Waals surface area contributed by atoms with E-state index in [4.69, 9.17) is 21.1 Å². The highest BCUT2D eigenvalue weighted by atomic mass is 35.5. The van der Waals surface area contributed by atoms with E-state index in [-0.39, 0.29) is 16.6 Å². The van der Waals surface area contributed by atoms with Gasteiger partial charge in [-0.1, -0.05) is 11.6 Å². The molecule has 0 aromatic heterocycles. The molecule has 1 aliphatic heterocycles. The number of halogens is 2. The lowest BCUT2D eigenvalue weighted by molar-refractivity contribution is -0.124. The zero-order chi connectivity index (χ0) is 17.2. The molecular formula is C16H19ClFNO4. The largest absolute Gasteiger partial charge is 0.456 e. The van der Waals surface area contributed by atoms with E-state index < -0.39 is 29.1 Å².